The van der Waals surface area contributed by atoms with E-state index in [1.54, 1.807) is 42.5 Å². The second kappa shape index (κ2) is 30.1. The van der Waals surface area contributed by atoms with Crippen molar-refractivity contribution in [3.05, 3.63) is 83.9 Å². The van der Waals surface area contributed by atoms with Crippen LogP contribution in [-0.4, -0.2) is 155 Å². The largest absolute Gasteiger partial charge is 0.370 e. The van der Waals surface area contributed by atoms with Gasteiger partial charge in [0.1, 0.15) is 42.3 Å². The van der Waals surface area contributed by atoms with E-state index in [-0.39, 0.29) is 62.7 Å². The van der Waals surface area contributed by atoms with Crippen molar-refractivity contribution in [2.75, 3.05) is 31.1 Å². The number of aliphatic imine (C=N–C) groups is 1. The molecule has 0 bridgehead atoms. The molecule has 0 radical (unpaired) electrons. The molecule has 19 N–H and O–H groups in total. The second-order valence-corrected chi connectivity index (χ2v) is 21.1. The molecule has 26 nitrogen and oxygen atoms in total. The first-order valence-corrected chi connectivity index (χ1v) is 27.5. The van der Waals surface area contributed by atoms with E-state index in [2.05, 4.69) is 42.2 Å². The molecule has 2 aliphatic rings. The van der Waals surface area contributed by atoms with Crippen LogP contribution in [0.4, 0.5) is 0 Å². The lowest BCUT2D eigenvalue weighted by molar-refractivity contribution is -0.142. The minimum Gasteiger partial charge on any atom is -0.370 e. The Morgan fingerprint density at radius 3 is 1.99 bits per heavy atom. The minimum atomic E-state index is -1.79. The molecule has 0 saturated carbocycles. The number of nitrogens with two attached hydrogens (primary N) is 6. The van der Waals surface area contributed by atoms with Crippen LogP contribution in [-0.2, 0) is 65.6 Å². The first kappa shape index (κ1) is 60.9. The van der Waals surface area contributed by atoms with Crippen molar-refractivity contribution in [3.63, 3.8) is 0 Å². The number of carbonyl (C=O) groups is 11. The molecule has 0 aromatic heterocycles. The molecule has 8 atom stereocenters. The average molecular weight is 1120 g/mol. The maximum Gasteiger partial charge on any atom is 0.246 e. The van der Waals surface area contributed by atoms with Gasteiger partial charge in [-0.05, 0) is 54.0 Å². The van der Waals surface area contributed by atoms with E-state index in [1.165, 1.54) is 4.90 Å². The maximum atomic E-state index is 14.7. The fraction of sp³-hybridized carbons (Fsp3) is 0.440. The van der Waals surface area contributed by atoms with Crippen LogP contribution in [0, 0.1) is 0 Å². The van der Waals surface area contributed by atoms with Gasteiger partial charge in [-0.15, -0.1) is 0 Å². The molecule has 2 heterocycles. The summed E-state index contributed by atoms with van der Waals surface area (Å²) in [7, 11) is 2.05. The van der Waals surface area contributed by atoms with Gasteiger partial charge in [0.15, 0.2) is 5.96 Å². The first-order chi connectivity index (χ1) is 37.2. The number of primary amides is 3. The number of amides is 11. The van der Waals surface area contributed by atoms with Crippen LogP contribution in [0.3, 0.4) is 0 Å². The van der Waals surface area contributed by atoms with Gasteiger partial charge in [-0.1, -0.05) is 94.4 Å². The molecule has 2 fully saturated rings. The first-order valence-electron chi connectivity index (χ1n) is 25.0. The highest BCUT2D eigenvalue weighted by Crippen LogP contribution is 2.26. The van der Waals surface area contributed by atoms with Crippen LogP contribution in [0.2, 0.25) is 0 Å². The summed E-state index contributed by atoms with van der Waals surface area (Å²) in [5.74, 6) is -10.2. The minimum absolute atomic E-state index is 0.00680. The molecule has 0 unspecified atom stereocenters. The number of nitrogens with one attached hydrogen (secondary N) is 7. The lowest BCUT2D eigenvalue weighted by Gasteiger charge is -2.31. The SMILES string of the molecule is NC(=O)CC[C@@H]1NC(=O)[C@H](Cc2ccccc2)NC(=O)[C@H](Cc2cccc3ccccc23)NC(=O)[C@@H](N)CSSC[C@@H](C(=O)N2CCC[C@H]2C(=O)N[C@@H](CCCN=C(N)N)C(=O)NCC(N)=O)NC(=O)[C@H](CC(N)=O)NC1=O. The van der Waals surface area contributed by atoms with Crippen molar-refractivity contribution in [2.45, 2.75) is 106 Å². The van der Waals surface area contributed by atoms with Crippen molar-refractivity contribution in [1.82, 2.24) is 42.1 Å². The van der Waals surface area contributed by atoms with E-state index in [0.717, 1.165) is 32.4 Å². The highest BCUT2D eigenvalue weighted by molar-refractivity contribution is 8.76. The van der Waals surface area contributed by atoms with Gasteiger partial charge < -0.3 is 76.5 Å². The zero-order valence-corrected chi connectivity index (χ0v) is 44.2. The third kappa shape index (κ3) is 18.9. The zero-order valence-electron chi connectivity index (χ0n) is 42.6. The molecule has 3 aromatic carbocycles. The van der Waals surface area contributed by atoms with Gasteiger partial charge in [-0.25, -0.2) is 0 Å². The van der Waals surface area contributed by atoms with E-state index in [0.29, 0.717) is 17.5 Å². The third-order valence-corrected chi connectivity index (χ3v) is 15.0. The van der Waals surface area contributed by atoms with Gasteiger partial charge in [0, 0.05) is 43.9 Å². The average Bonchev–Trinajstić information content (AvgIpc) is 3.91. The van der Waals surface area contributed by atoms with Crippen LogP contribution >= 0.6 is 21.6 Å². The van der Waals surface area contributed by atoms with Gasteiger partial charge in [0.05, 0.1) is 19.0 Å². The third-order valence-electron chi connectivity index (χ3n) is 12.6. The standard InChI is InChI=1S/C50H67N15O11S2/c51-31-25-77-78-26-37(49(76)65-20-8-16-38(65)48(75)60-32(15-7-19-57-50(55)56)43(70)58-24-41(54)68)64-47(74)36(23-40(53)67)63-44(71)33(17-18-39(52)66)59-45(72)34(21-27-9-2-1-3-10-27)62-46(73)35(61-42(31)69)22-29-13-6-12-28-11-4-5-14-30(28)29/h1-6,9-14,31-38H,7-8,15-26,51H2,(H2,52,66)(H2,53,67)(H2,54,68)(H,58,70)(H,59,72)(H,60,75)(H,61,69)(H,62,73)(H,63,71)(H,64,74)(H4,55,56,57)/t31-,32-,33-,34-,35-,36-,37-,38-/m0/s1. The van der Waals surface area contributed by atoms with Crippen molar-refractivity contribution in [2.24, 2.45) is 39.4 Å². The van der Waals surface area contributed by atoms with E-state index in [1.807, 2.05) is 30.3 Å². The van der Waals surface area contributed by atoms with Crippen LogP contribution in [0.5, 0.6) is 0 Å². The molecular formula is C50H67N15O11S2. The maximum absolute atomic E-state index is 14.7. The summed E-state index contributed by atoms with van der Waals surface area (Å²) in [4.78, 5) is 155. The molecule has 2 saturated heterocycles. The lowest BCUT2D eigenvalue weighted by atomic mass is 9.97. The summed E-state index contributed by atoms with van der Waals surface area (Å²) in [6.45, 7) is -0.424. The predicted octanol–water partition coefficient (Wildman–Crippen LogP) is -3.96. The molecule has 5 rings (SSSR count). The molecule has 3 aromatic rings. The van der Waals surface area contributed by atoms with Crippen molar-refractivity contribution in [3.8, 4) is 0 Å². The second-order valence-electron chi connectivity index (χ2n) is 18.6. The summed E-state index contributed by atoms with van der Waals surface area (Å²) in [5, 5.41) is 19.7. The number of rotatable bonds is 19. The molecule has 0 aliphatic carbocycles. The van der Waals surface area contributed by atoms with E-state index in [9.17, 15) is 52.7 Å². The monoisotopic (exact) mass is 1120 g/mol. The van der Waals surface area contributed by atoms with Crippen LogP contribution < -0.4 is 71.6 Å². The highest BCUT2D eigenvalue weighted by Gasteiger charge is 2.41. The lowest BCUT2D eigenvalue weighted by Crippen LogP contribution is -2.61. The van der Waals surface area contributed by atoms with E-state index in [4.69, 9.17) is 34.4 Å². The topological polar surface area (TPSA) is 444 Å². The Labute approximate surface area is 457 Å². The molecule has 78 heavy (non-hydrogen) atoms. The fourth-order valence-electron chi connectivity index (χ4n) is 8.62. The zero-order chi connectivity index (χ0) is 56.9. The Hall–Kier alpha value is -7.98. The molecule has 28 heteroatoms. The predicted molar refractivity (Wildman–Crippen MR) is 291 cm³/mol. The molecule has 0 spiro atoms. The summed E-state index contributed by atoms with van der Waals surface area (Å²) in [6, 6.07) is 10.1. The summed E-state index contributed by atoms with van der Waals surface area (Å²) < 4.78 is 0. The number of benzene rings is 3. The van der Waals surface area contributed by atoms with Gasteiger partial charge in [0.25, 0.3) is 0 Å². The van der Waals surface area contributed by atoms with Crippen LogP contribution in [0.15, 0.2) is 77.8 Å². The number of hydrogen-bond acceptors (Lipinski definition) is 15. The van der Waals surface area contributed by atoms with Gasteiger partial charge >= 0.3 is 0 Å². The number of fused-ring (bicyclic) bond motifs is 1. The van der Waals surface area contributed by atoms with Crippen molar-refractivity contribution in [1.29, 1.82) is 0 Å². The van der Waals surface area contributed by atoms with Crippen LogP contribution in [0.25, 0.3) is 10.8 Å². The number of guanidine groups is 1. The number of hydrogen-bond donors (Lipinski definition) is 13. The molecular weight excluding hydrogens is 1050 g/mol. The van der Waals surface area contributed by atoms with Gasteiger partial charge in [-0.3, -0.25) is 57.7 Å². The van der Waals surface area contributed by atoms with Gasteiger partial charge in [0.2, 0.25) is 65.0 Å². The highest BCUT2D eigenvalue weighted by atomic mass is 33.1. The van der Waals surface area contributed by atoms with Crippen molar-refractivity contribution < 1.29 is 52.7 Å². The summed E-state index contributed by atoms with van der Waals surface area (Å²) in [5.41, 5.74) is 34.8. The summed E-state index contributed by atoms with van der Waals surface area (Å²) in [6.07, 6.45) is -1.21. The Morgan fingerprint density at radius 2 is 1.29 bits per heavy atom. The van der Waals surface area contributed by atoms with E-state index >= 15 is 0 Å². The smallest absolute Gasteiger partial charge is 0.246 e. The van der Waals surface area contributed by atoms with Crippen LogP contribution in [0.1, 0.15) is 56.1 Å². The summed E-state index contributed by atoms with van der Waals surface area (Å²) >= 11 is 0. The Morgan fingerprint density at radius 1 is 0.679 bits per heavy atom. The Kier molecular flexibility index (Phi) is 23.5. The molecule has 11 amide bonds. The van der Waals surface area contributed by atoms with Crippen molar-refractivity contribution >= 4 is 103 Å². The number of likely N-dealkylation sites (tertiary alicyclic amines) is 1. The molecule has 420 valence electrons. The molecule has 2 aliphatic heterocycles. The Balaban J connectivity index is 1.49. The Bertz CT molecular complexity index is 2710. The number of carbonyl (C=O) groups excluding carboxylic acids is 11. The quantitative estimate of drug-likeness (QED) is 0.0236. The number of nitrogens with zero attached hydrogens (tertiary/aromatic N) is 2. The fourth-order valence-corrected chi connectivity index (χ4v) is 10.9. The normalized spacial score (nSPS) is 22.2. The van der Waals surface area contributed by atoms with E-state index < -0.39 is 139 Å². The van der Waals surface area contributed by atoms with Gasteiger partial charge in [-0.2, -0.15) is 0 Å².